The number of amides is 1. The quantitative estimate of drug-likeness (QED) is 0.0758. The minimum Gasteiger partial charge on any atom is -0.493 e. The van der Waals surface area contributed by atoms with Crippen LogP contribution in [-0.4, -0.2) is 159 Å². The normalized spacial score (nSPS) is 15.2. The van der Waals surface area contributed by atoms with Crippen molar-refractivity contribution >= 4 is 79.8 Å². The first-order valence-corrected chi connectivity index (χ1v) is 37.5. The second-order valence-electron chi connectivity index (χ2n) is 27.5. The van der Waals surface area contributed by atoms with Gasteiger partial charge in [0.1, 0.15) is 10.4 Å². The third-order valence-corrected chi connectivity index (χ3v) is 19.8. The molecule has 0 unspecified atom stereocenters. The topological polar surface area (TPSA) is 271 Å². The molecule has 1 aromatic carbocycles. The average molecular weight is 1470 g/mol. The van der Waals surface area contributed by atoms with Crippen LogP contribution in [0.2, 0.25) is 0 Å². The van der Waals surface area contributed by atoms with E-state index in [0.29, 0.717) is 47.8 Å². The Morgan fingerprint density at radius 2 is 0.971 bits per heavy atom. The van der Waals surface area contributed by atoms with Gasteiger partial charge in [-0.15, -0.1) is 0 Å². The summed E-state index contributed by atoms with van der Waals surface area (Å²) >= 11 is 3.45. The third kappa shape index (κ3) is 17.1. The monoisotopic (exact) mass is 1460 g/mol. The lowest BCUT2D eigenvalue weighted by molar-refractivity contribution is 0.0514. The molecule has 26 heteroatoms. The number of carbonyl (C=O) groups excluding carboxylic acids is 3. The zero-order valence-corrected chi connectivity index (χ0v) is 64.3. The Bertz CT molecular complexity index is 4370. The highest BCUT2D eigenvalue weighted by atomic mass is 79.9. The number of ether oxygens (including phenoxy) is 3. The number of aromatic carboxylic acids is 1. The number of hydrogen-bond acceptors (Lipinski definition) is 19. The molecule has 0 radical (unpaired) electrons. The molecule has 4 aliphatic rings. The van der Waals surface area contributed by atoms with Crippen molar-refractivity contribution in [3.8, 4) is 5.75 Å². The van der Waals surface area contributed by atoms with Gasteiger partial charge in [0, 0.05) is 73.5 Å². The van der Waals surface area contributed by atoms with Gasteiger partial charge in [0.25, 0.3) is 5.91 Å². The van der Waals surface area contributed by atoms with Crippen LogP contribution < -0.4 is 30.1 Å². The van der Waals surface area contributed by atoms with E-state index in [1.54, 1.807) is 34.5 Å². The van der Waals surface area contributed by atoms with E-state index in [-0.39, 0.29) is 53.1 Å². The summed E-state index contributed by atoms with van der Waals surface area (Å²) in [6.07, 6.45) is 18.6. The number of benzene rings is 1. The molecule has 25 nitrogen and oxygen atoms in total. The predicted molar refractivity (Wildman–Crippen MR) is 403 cm³/mol. The number of nitrogens with one attached hydrogen (secondary N) is 2. The van der Waals surface area contributed by atoms with Gasteiger partial charge in [0.15, 0.2) is 40.0 Å². The van der Waals surface area contributed by atoms with Crippen molar-refractivity contribution in [1.82, 2.24) is 69.0 Å². The lowest BCUT2D eigenvalue weighted by atomic mass is 9.97. The van der Waals surface area contributed by atoms with E-state index >= 15 is 0 Å². The summed E-state index contributed by atoms with van der Waals surface area (Å²) in [4.78, 5) is 74.8. The molecular weight excluding hydrogens is 1360 g/mol. The van der Waals surface area contributed by atoms with Crippen molar-refractivity contribution in [3.63, 3.8) is 0 Å². The second-order valence-corrected chi connectivity index (χ2v) is 28.3. The molecule has 0 aliphatic carbocycles. The van der Waals surface area contributed by atoms with Gasteiger partial charge < -0.3 is 44.7 Å². The molecular formula is C76H106BrN17O8. The molecule has 0 saturated carbocycles. The number of nitrogens with zero attached hydrogens (tertiary/aromatic N) is 15. The van der Waals surface area contributed by atoms with Crippen LogP contribution in [0.15, 0.2) is 53.7 Å². The molecule has 3 saturated heterocycles. The van der Waals surface area contributed by atoms with E-state index in [4.69, 9.17) is 29.3 Å². The Balaban J connectivity index is 0.000000156. The first kappa shape index (κ1) is 77.4. The number of anilines is 3. The number of fused-ring (bicyclic) bond motifs is 5. The molecule has 4 aliphatic heterocycles. The van der Waals surface area contributed by atoms with Crippen LogP contribution in [-0.2, 0) is 9.47 Å². The molecule has 0 spiro atoms. The molecule has 3 fully saturated rings. The minimum absolute atomic E-state index is 0.0629. The van der Waals surface area contributed by atoms with E-state index in [0.717, 1.165) is 135 Å². The fraction of sp³-hybridized carbons (Fsp3) is 0.553. The molecule has 8 aromatic heterocycles. The molecule has 1 amide bonds. The van der Waals surface area contributed by atoms with Crippen molar-refractivity contribution in [2.45, 2.75) is 205 Å². The SMILES string of the molecule is C1CCNCC1.CCN(CC)c1c(C)nc2c(C(C)C)c(C(=O)O)cnn12.CCOC(=O)c1cnn2c(Br)c(C)nc2c1C(C)C.CCOC(=O)c1cnn2c(N3CCCCC3)c(C)nc2c1C(C)C.Cc1nc2c(C(C)C)c(C(=O)N[C@H]3CCOc4ccccc43)cnn2c1N1CCCCC1. The smallest absolute Gasteiger partial charge is 0.340 e. The summed E-state index contributed by atoms with van der Waals surface area (Å²) < 4.78 is 24.1. The highest BCUT2D eigenvalue weighted by Gasteiger charge is 2.31. The highest BCUT2D eigenvalue weighted by molar-refractivity contribution is 9.10. The van der Waals surface area contributed by atoms with E-state index in [9.17, 15) is 24.3 Å². The first-order valence-electron chi connectivity index (χ1n) is 36.7. The Morgan fingerprint density at radius 1 is 0.559 bits per heavy atom. The lowest BCUT2D eigenvalue weighted by Gasteiger charge is -2.28. The van der Waals surface area contributed by atoms with Crippen molar-refractivity contribution < 1.29 is 38.5 Å². The maximum Gasteiger partial charge on any atom is 0.340 e. The van der Waals surface area contributed by atoms with Crippen LogP contribution in [0, 0.1) is 27.7 Å². The van der Waals surface area contributed by atoms with Crippen molar-refractivity contribution in [3.05, 3.63) is 127 Å². The van der Waals surface area contributed by atoms with Gasteiger partial charge in [-0.25, -0.2) is 38.8 Å². The van der Waals surface area contributed by atoms with Crippen molar-refractivity contribution in [2.24, 2.45) is 0 Å². The molecule has 102 heavy (non-hydrogen) atoms. The molecule has 0 bridgehead atoms. The number of halogens is 1. The van der Waals surface area contributed by atoms with Gasteiger partial charge in [-0.2, -0.15) is 33.9 Å². The molecule has 9 aromatic rings. The molecule has 1 atom stereocenters. The number of carbonyl (C=O) groups is 4. The van der Waals surface area contributed by atoms with Crippen LogP contribution in [0.1, 0.15) is 269 Å². The number of imidazole rings is 4. The largest absolute Gasteiger partial charge is 0.493 e. The van der Waals surface area contributed by atoms with Gasteiger partial charge in [0.05, 0.1) is 95.7 Å². The van der Waals surface area contributed by atoms with Crippen LogP contribution in [0.5, 0.6) is 5.75 Å². The molecule has 13 rings (SSSR count). The summed E-state index contributed by atoms with van der Waals surface area (Å²) in [5, 5.41) is 33.7. The summed E-state index contributed by atoms with van der Waals surface area (Å²) in [6, 6.07) is 7.84. The fourth-order valence-electron chi connectivity index (χ4n) is 14.1. The number of carboxylic acids is 1. The van der Waals surface area contributed by atoms with Gasteiger partial charge in [-0.05, 0) is 166 Å². The summed E-state index contributed by atoms with van der Waals surface area (Å²) in [6.45, 7) is 41.6. The third-order valence-electron chi connectivity index (χ3n) is 18.9. The predicted octanol–water partition coefficient (Wildman–Crippen LogP) is 14.3. The molecule has 3 N–H and O–H groups in total. The number of piperidine rings is 3. The van der Waals surface area contributed by atoms with Gasteiger partial charge in [-0.1, -0.05) is 80.0 Å². The Kier molecular flexibility index (Phi) is 26.9. The van der Waals surface area contributed by atoms with Crippen LogP contribution in [0.3, 0.4) is 0 Å². The zero-order chi connectivity index (χ0) is 73.6. The maximum absolute atomic E-state index is 13.4. The number of hydrogen-bond donors (Lipinski definition) is 3. The number of aryl methyl sites for hydroxylation is 4. The Hall–Kier alpha value is -8.78. The summed E-state index contributed by atoms with van der Waals surface area (Å²) in [7, 11) is 0. The highest BCUT2D eigenvalue weighted by Crippen LogP contribution is 2.36. The number of aromatic nitrogens is 12. The van der Waals surface area contributed by atoms with E-state index in [2.05, 4.69) is 108 Å². The van der Waals surface area contributed by atoms with Crippen LogP contribution in [0.4, 0.5) is 17.5 Å². The average Bonchev–Trinajstić information content (AvgIpc) is 1.61. The Labute approximate surface area is 608 Å². The lowest BCUT2D eigenvalue weighted by Crippen LogP contribution is -2.33. The minimum atomic E-state index is -0.959. The van der Waals surface area contributed by atoms with Crippen LogP contribution in [0.25, 0.3) is 22.6 Å². The number of rotatable bonds is 16. The molecule has 12 heterocycles. The van der Waals surface area contributed by atoms with E-state index in [1.165, 1.54) is 77.1 Å². The van der Waals surface area contributed by atoms with Gasteiger partial charge in [0.2, 0.25) is 0 Å². The van der Waals surface area contributed by atoms with Crippen molar-refractivity contribution in [1.29, 1.82) is 0 Å². The standard InChI is InChI=1S/C25H31N5O2.C18H26N4O2.C15H22N4O2.C13H16BrN3O2.C5H11N/c1-16(2)22-19(24(31)28-20-11-14-32-21-10-6-5-9-18(20)21)15-26-30-23(22)27-17(3)25(30)29-12-7-4-8-13-29;1-5-24-18(23)14-11-19-22-16(15(14)12(2)3)20-13(4)17(22)21-9-7-6-8-10-21;1-6-18(7-2)14-10(5)17-13-12(9(3)4)11(15(20)21)8-16-19(13)14;1-5-19-13(18)9-6-15-17-11(14)8(4)16-12(17)10(9)7(2)3;1-2-4-6-5-3-1/h5-6,9-10,15-16,20H,4,7-8,11-14H2,1-3H3,(H,28,31);11-12H,5-10H2,1-4H3;8-9H,6-7H2,1-5H3,(H,20,21);6-7H,5H2,1-4H3;6H,1-5H2/t20-;;;;/m0..../s1. The zero-order valence-electron chi connectivity index (χ0n) is 62.7. The first-order chi connectivity index (χ1) is 49.0. The number of esters is 2. The molecule has 550 valence electrons. The summed E-state index contributed by atoms with van der Waals surface area (Å²) in [5.74, 6) is 2.68. The second kappa shape index (κ2) is 35.4. The van der Waals surface area contributed by atoms with Gasteiger partial charge in [-0.3, -0.25) is 4.79 Å². The van der Waals surface area contributed by atoms with E-state index < -0.39 is 5.97 Å². The maximum atomic E-state index is 13.4. The van der Waals surface area contributed by atoms with Gasteiger partial charge >= 0.3 is 17.9 Å². The Morgan fingerprint density at radius 3 is 1.43 bits per heavy atom. The van der Waals surface area contributed by atoms with Crippen LogP contribution >= 0.6 is 15.9 Å². The number of para-hydroxylation sites is 1. The number of carboxylic acid groups (broad SMARTS) is 1. The van der Waals surface area contributed by atoms with Crippen molar-refractivity contribution in [2.75, 3.05) is 86.9 Å². The van der Waals surface area contributed by atoms with E-state index in [1.807, 2.05) is 95.6 Å². The summed E-state index contributed by atoms with van der Waals surface area (Å²) in [5.41, 5.74) is 12.9. The fourth-order valence-corrected chi connectivity index (χ4v) is 14.5.